The highest BCUT2D eigenvalue weighted by Crippen LogP contribution is 2.31. The molecule has 9 nitrogen and oxygen atoms in total. The van der Waals surface area contributed by atoms with Crippen LogP contribution in [-0.4, -0.2) is 35.2 Å². The smallest absolute Gasteiger partial charge is 0.416 e. The average molecular weight is 444 g/mol. The van der Waals surface area contributed by atoms with Crippen molar-refractivity contribution < 1.29 is 23.1 Å². The topological polar surface area (TPSA) is 121 Å². The Morgan fingerprint density at radius 3 is 2.41 bits per heavy atom. The van der Waals surface area contributed by atoms with Gasteiger partial charge in [0.05, 0.1) is 16.9 Å². The molecule has 0 radical (unpaired) electrons. The number of nitrogen functional groups attached to an aromatic ring is 1. The molecule has 32 heavy (non-hydrogen) atoms. The average Bonchev–Trinajstić information content (AvgIpc) is 3.30. The number of aromatic nitrogens is 5. The first-order chi connectivity index (χ1) is 15.1. The third kappa shape index (κ3) is 3.41. The van der Waals surface area contributed by atoms with Crippen LogP contribution in [0.5, 0.6) is 0 Å². The number of alkyl halides is 3. The highest BCUT2D eigenvalue weighted by atomic mass is 19.4. The highest BCUT2D eigenvalue weighted by molar-refractivity contribution is 5.94. The number of carboxylic acid groups (broad SMARTS) is 1. The zero-order chi connectivity index (χ0) is 23.2. The molecule has 4 rings (SSSR count). The third-order valence-corrected chi connectivity index (χ3v) is 4.80. The van der Waals surface area contributed by atoms with Crippen LogP contribution >= 0.6 is 0 Å². The predicted octanol–water partition coefficient (Wildman–Crippen LogP) is 2.72. The van der Waals surface area contributed by atoms with Gasteiger partial charge >= 0.3 is 12.1 Å². The van der Waals surface area contributed by atoms with Crippen LogP contribution < -0.4 is 11.3 Å². The number of halogens is 3. The molecular formula is C20H15F3N6O3. The van der Waals surface area contributed by atoms with E-state index in [4.69, 9.17) is 5.73 Å². The van der Waals surface area contributed by atoms with Gasteiger partial charge in [-0.05, 0) is 42.5 Å². The Morgan fingerprint density at radius 1 is 1.09 bits per heavy atom. The summed E-state index contributed by atoms with van der Waals surface area (Å²) >= 11 is 0. The first-order valence-electron chi connectivity index (χ1n) is 9.09. The standard InChI is InChI=1S/C20H15F3N6O3/c1-27-16(17-25-10-26-28(17)13-7-5-12(24)6-8-13)15(19(31)32)18(30)29(27)14-4-2-3-11(9-14)20(21,22)23/h2-10H,24H2,1H3,(H,31,32). The summed E-state index contributed by atoms with van der Waals surface area (Å²) in [4.78, 5) is 29.1. The molecule has 0 unspecified atom stereocenters. The van der Waals surface area contributed by atoms with E-state index in [1.54, 1.807) is 24.3 Å². The Balaban J connectivity index is 1.98. The Bertz CT molecular complexity index is 1380. The molecule has 0 aliphatic carbocycles. The lowest BCUT2D eigenvalue weighted by molar-refractivity contribution is -0.137. The maximum Gasteiger partial charge on any atom is 0.416 e. The molecule has 0 amide bonds. The summed E-state index contributed by atoms with van der Waals surface area (Å²) in [5.74, 6) is -1.55. The van der Waals surface area contributed by atoms with Crippen molar-refractivity contribution in [3.63, 3.8) is 0 Å². The van der Waals surface area contributed by atoms with Gasteiger partial charge in [0.2, 0.25) is 0 Å². The lowest BCUT2D eigenvalue weighted by Crippen LogP contribution is -2.23. The number of nitrogens with zero attached hydrogens (tertiary/aromatic N) is 5. The number of aromatic carboxylic acids is 1. The van der Waals surface area contributed by atoms with Gasteiger partial charge < -0.3 is 10.8 Å². The zero-order valence-corrected chi connectivity index (χ0v) is 16.4. The molecule has 12 heteroatoms. The van der Waals surface area contributed by atoms with Crippen molar-refractivity contribution in [3.05, 3.63) is 76.3 Å². The Kier molecular flexibility index (Phi) is 4.84. The number of nitrogens with two attached hydrogens (primary N) is 1. The van der Waals surface area contributed by atoms with Crippen molar-refractivity contribution >= 4 is 11.7 Å². The van der Waals surface area contributed by atoms with Gasteiger partial charge in [-0.2, -0.15) is 18.3 Å². The maximum absolute atomic E-state index is 13.2. The molecule has 0 aliphatic heterocycles. The fourth-order valence-electron chi connectivity index (χ4n) is 3.37. The van der Waals surface area contributed by atoms with Crippen LogP contribution in [0.3, 0.4) is 0 Å². The summed E-state index contributed by atoms with van der Waals surface area (Å²) in [6.45, 7) is 0. The third-order valence-electron chi connectivity index (χ3n) is 4.80. The first-order valence-corrected chi connectivity index (χ1v) is 9.09. The van der Waals surface area contributed by atoms with Crippen molar-refractivity contribution in [2.75, 3.05) is 5.73 Å². The van der Waals surface area contributed by atoms with E-state index in [2.05, 4.69) is 10.1 Å². The minimum absolute atomic E-state index is 0.0116. The SMILES string of the molecule is Cn1c(-c2ncnn2-c2ccc(N)cc2)c(C(=O)O)c(=O)n1-c1cccc(C(F)(F)F)c1. The first kappa shape index (κ1) is 20.9. The Labute approximate surface area is 177 Å². The highest BCUT2D eigenvalue weighted by Gasteiger charge is 2.32. The molecule has 3 N–H and O–H groups in total. The molecule has 0 fully saturated rings. The van der Waals surface area contributed by atoms with Crippen LogP contribution in [0.25, 0.3) is 22.9 Å². The van der Waals surface area contributed by atoms with E-state index >= 15 is 0 Å². The zero-order valence-electron chi connectivity index (χ0n) is 16.4. The molecule has 164 valence electrons. The van der Waals surface area contributed by atoms with Gasteiger partial charge in [-0.25, -0.2) is 19.1 Å². The fourth-order valence-corrected chi connectivity index (χ4v) is 3.37. The van der Waals surface area contributed by atoms with Crippen LogP contribution in [-0.2, 0) is 13.2 Å². The largest absolute Gasteiger partial charge is 0.477 e. The summed E-state index contributed by atoms with van der Waals surface area (Å²) in [7, 11) is 1.35. The van der Waals surface area contributed by atoms with Gasteiger partial charge in [-0.3, -0.25) is 9.48 Å². The minimum atomic E-state index is -4.64. The van der Waals surface area contributed by atoms with Gasteiger partial charge in [0.15, 0.2) is 11.4 Å². The van der Waals surface area contributed by atoms with Crippen molar-refractivity contribution in [1.82, 2.24) is 24.1 Å². The quantitative estimate of drug-likeness (QED) is 0.467. The number of hydrogen-bond acceptors (Lipinski definition) is 5. The van der Waals surface area contributed by atoms with E-state index in [1.807, 2.05) is 0 Å². The van der Waals surface area contributed by atoms with Crippen molar-refractivity contribution in [2.45, 2.75) is 6.18 Å². The summed E-state index contributed by atoms with van der Waals surface area (Å²) < 4.78 is 42.8. The van der Waals surface area contributed by atoms with Crippen LogP contribution in [0.4, 0.5) is 18.9 Å². The molecule has 0 spiro atoms. The van der Waals surface area contributed by atoms with E-state index in [-0.39, 0.29) is 17.2 Å². The predicted molar refractivity (Wildman–Crippen MR) is 108 cm³/mol. The number of benzene rings is 2. The minimum Gasteiger partial charge on any atom is -0.477 e. The summed E-state index contributed by atoms with van der Waals surface area (Å²) in [6.07, 6.45) is -3.47. The second-order valence-corrected chi connectivity index (χ2v) is 6.80. The van der Waals surface area contributed by atoms with Crippen molar-refractivity contribution in [2.24, 2.45) is 7.05 Å². The van der Waals surface area contributed by atoms with Crippen molar-refractivity contribution in [1.29, 1.82) is 0 Å². The Hall–Kier alpha value is -4.35. The second-order valence-electron chi connectivity index (χ2n) is 6.80. The molecule has 2 aromatic carbocycles. The monoisotopic (exact) mass is 444 g/mol. The molecule has 0 aliphatic rings. The van der Waals surface area contributed by atoms with E-state index in [1.165, 1.54) is 24.1 Å². The molecule has 2 heterocycles. The molecule has 0 bridgehead atoms. The summed E-state index contributed by atoms with van der Waals surface area (Å²) in [6, 6.07) is 10.5. The lowest BCUT2D eigenvalue weighted by Gasteiger charge is -2.13. The Morgan fingerprint density at radius 2 is 1.78 bits per heavy atom. The van der Waals surface area contributed by atoms with Gasteiger partial charge in [0, 0.05) is 12.7 Å². The van der Waals surface area contributed by atoms with Crippen LogP contribution in [0.1, 0.15) is 15.9 Å². The van der Waals surface area contributed by atoms with E-state index in [0.717, 1.165) is 27.6 Å². The number of hydrogen-bond donors (Lipinski definition) is 2. The number of carboxylic acids is 1. The van der Waals surface area contributed by atoms with E-state index in [9.17, 15) is 27.9 Å². The summed E-state index contributed by atoms with van der Waals surface area (Å²) in [5, 5.41) is 13.8. The number of anilines is 1. The van der Waals surface area contributed by atoms with Gasteiger partial charge in [0.1, 0.15) is 12.0 Å². The van der Waals surface area contributed by atoms with Gasteiger partial charge in [-0.15, -0.1) is 0 Å². The van der Waals surface area contributed by atoms with Crippen LogP contribution in [0.15, 0.2) is 59.7 Å². The lowest BCUT2D eigenvalue weighted by atomic mass is 10.2. The van der Waals surface area contributed by atoms with Gasteiger partial charge in [0.25, 0.3) is 5.56 Å². The molecule has 0 saturated carbocycles. The van der Waals surface area contributed by atoms with E-state index < -0.39 is 28.8 Å². The normalized spacial score (nSPS) is 11.6. The van der Waals surface area contributed by atoms with Crippen LogP contribution in [0.2, 0.25) is 0 Å². The second kappa shape index (κ2) is 7.41. The molecule has 0 atom stereocenters. The molecular weight excluding hydrogens is 429 g/mol. The molecule has 2 aromatic heterocycles. The van der Waals surface area contributed by atoms with Crippen molar-refractivity contribution in [3.8, 4) is 22.9 Å². The molecule has 4 aromatic rings. The van der Waals surface area contributed by atoms with Crippen LogP contribution in [0, 0.1) is 0 Å². The fraction of sp³-hybridized carbons (Fsp3) is 0.100. The number of carbonyl (C=O) groups is 1. The number of rotatable bonds is 4. The molecule has 0 saturated heterocycles. The van der Waals surface area contributed by atoms with Gasteiger partial charge in [-0.1, -0.05) is 6.07 Å². The van der Waals surface area contributed by atoms with E-state index in [0.29, 0.717) is 11.4 Å². The summed E-state index contributed by atoms with van der Waals surface area (Å²) in [5.41, 5.74) is 3.74. The maximum atomic E-state index is 13.2.